The summed E-state index contributed by atoms with van der Waals surface area (Å²) in [5, 5.41) is 0. The van der Waals surface area contributed by atoms with E-state index < -0.39 is 8.56 Å². The summed E-state index contributed by atoms with van der Waals surface area (Å²) < 4.78 is 11.8. The Morgan fingerprint density at radius 2 is 1.59 bits per heavy atom. The van der Waals surface area contributed by atoms with Crippen LogP contribution in [0.3, 0.4) is 0 Å². The van der Waals surface area contributed by atoms with E-state index in [2.05, 4.69) is 20.4 Å². The summed E-state index contributed by atoms with van der Waals surface area (Å²) in [6.07, 6.45) is 9.98. The molecule has 0 atom stereocenters. The van der Waals surface area contributed by atoms with E-state index in [1.807, 2.05) is 0 Å². The minimum absolute atomic E-state index is 0.798. The Bertz CT molecular complexity index is 185. The lowest BCUT2D eigenvalue weighted by molar-refractivity contribution is 0.187. The molecule has 0 aromatic rings. The average molecular weight is 258 g/mol. The molecule has 0 aromatic carbocycles. The van der Waals surface area contributed by atoms with Gasteiger partial charge in [0.25, 0.3) is 0 Å². The second-order valence-electron chi connectivity index (χ2n) is 5.40. The first-order valence-corrected chi connectivity index (χ1v) is 10.0. The molecular formula is C14H30O2Si. The third-order valence-electron chi connectivity index (χ3n) is 3.87. The van der Waals surface area contributed by atoms with Crippen LogP contribution in [0.5, 0.6) is 0 Å². The van der Waals surface area contributed by atoms with Crippen LogP contribution in [-0.2, 0) is 8.85 Å². The molecule has 1 rings (SSSR count). The van der Waals surface area contributed by atoms with E-state index >= 15 is 0 Å². The summed E-state index contributed by atoms with van der Waals surface area (Å²) in [7, 11) is -1.83. The Kier molecular flexibility index (Phi) is 7.40. The minimum atomic E-state index is -1.83. The third-order valence-corrected chi connectivity index (χ3v) is 6.93. The number of hydrogen-bond acceptors (Lipinski definition) is 2. The number of hydrogen-bond donors (Lipinski definition) is 0. The van der Waals surface area contributed by atoms with Gasteiger partial charge in [-0.2, -0.15) is 0 Å². The minimum Gasteiger partial charge on any atom is -0.395 e. The SMILES string of the molecule is CCO[Si](C)(CCCC1CCCCC1)OCC. The van der Waals surface area contributed by atoms with Gasteiger partial charge in [-0.1, -0.05) is 44.9 Å². The van der Waals surface area contributed by atoms with Gasteiger partial charge in [0, 0.05) is 13.2 Å². The smallest absolute Gasteiger partial charge is 0.334 e. The topological polar surface area (TPSA) is 18.5 Å². The largest absolute Gasteiger partial charge is 0.395 e. The van der Waals surface area contributed by atoms with Crippen molar-refractivity contribution >= 4 is 8.56 Å². The van der Waals surface area contributed by atoms with Crippen molar-refractivity contribution in [3.05, 3.63) is 0 Å². The Morgan fingerprint density at radius 1 is 1.00 bits per heavy atom. The quantitative estimate of drug-likeness (QED) is 0.597. The highest BCUT2D eigenvalue weighted by atomic mass is 28.4. The second kappa shape index (κ2) is 8.28. The van der Waals surface area contributed by atoms with Gasteiger partial charge in [0.2, 0.25) is 0 Å². The van der Waals surface area contributed by atoms with Crippen molar-refractivity contribution in [2.75, 3.05) is 13.2 Å². The molecule has 1 aliphatic rings. The van der Waals surface area contributed by atoms with Crippen LogP contribution in [0.15, 0.2) is 0 Å². The summed E-state index contributed by atoms with van der Waals surface area (Å²) in [5.41, 5.74) is 0. The molecule has 0 heterocycles. The van der Waals surface area contributed by atoms with Gasteiger partial charge >= 0.3 is 8.56 Å². The molecule has 17 heavy (non-hydrogen) atoms. The second-order valence-corrected chi connectivity index (χ2v) is 8.74. The van der Waals surface area contributed by atoms with Crippen molar-refractivity contribution < 1.29 is 8.85 Å². The van der Waals surface area contributed by atoms with Crippen molar-refractivity contribution in [3.8, 4) is 0 Å². The first-order valence-electron chi connectivity index (χ1n) is 7.48. The lowest BCUT2D eigenvalue weighted by Crippen LogP contribution is -2.38. The zero-order valence-electron chi connectivity index (χ0n) is 12.0. The maximum absolute atomic E-state index is 5.88. The van der Waals surface area contributed by atoms with Crippen molar-refractivity contribution in [3.63, 3.8) is 0 Å². The van der Waals surface area contributed by atoms with Gasteiger partial charge in [0.05, 0.1) is 0 Å². The fourth-order valence-electron chi connectivity index (χ4n) is 2.98. The van der Waals surface area contributed by atoms with Crippen molar-refractivity contribution in [2.24, 2.45) is 5.92 Å². The molecule has 0 spiro atoms. The molecule has 0 bridgehead atoms. The Balaban J connectivity index is 2.21. The summed E-state index contributed by atoms with van der Waals surface area (Å²) in [6.45, 7) is 7.97. The molecule has 1 fully saturated rings. The number of rotatable bonds is 8. The van der Waals surface area contributed by atoms with Gasteiger partial charge in [-0.15, -0.1) is 0 Å². The van der Waals surface area contributed by atoms with Gasteiger partial charge in [0.15, 0.2) is 0 Å². The molecule has 0 aromatic heterocycles. The van der Waals surface area contributed by atoms with Gasteiger partial charge < -0.3 is 8.85 Å². The summed E-state index contributed by atoms with van der Waals surface area (Å²) in [5.74, 6) is 0.991. The first kappa shape index (κ1) is 15.2. The van der Waals surface area contributed by atoms with E-state index in [0.29, 0.717) is 0 Å². The summed E-state index contributed by atoms with van der Waals surface area (Å²) in [6, 6.07) is 1.17. The van der Waals surface area contributed by atoms with Gasteiger partial charge in [0.1, 0.15) is 0 Å². The van der Waals surface area contributed by atoms with E-state index in [1.165, 1.54) is 51.0 Å². The van der Waals surface area contributed by atoms with Gasteiger partial charge in [-0.05, 0) is 32.4 Å². The van der Waals surface area contributed by atoms with E-state index in [9.17, 15) is 0 Å². The van der Waals surface area contributed by atoms with E-state index in [0.717, 1.165) is 19.1 Å². The van der Waals surface area contributed by atoms with E-state index in [-0.39, 0.29) is 0 Å². The molecule has 0 saturated heterocycles. The molecule has 0 N–H and O–H groups in total. The predicted molar refractivity (Wildman–Crippen MR) is 75.5 cm³/mol. The van der Waals surface area contributed by atoms with Crippen LogP contribution in [0.25, 0.3) is 0 Å². The lowest BCUT2D eigenvalue weighted by Gasteiger charge is -2.27. The van der Waals surface area contributed by atoms with E-state index in [1.54, 1.807) is 0 Å². The Morgan fingerprint density at radius 3 is 2.12 bits per heavy atom. The van der Waals surface area contributed by atoms with Crippen LogP contribution in [-0.4, -0.2) is 21.8 Å². The van der Waals surface area contributed by atoms with Crippen molar-refractivity contribution in [2.45, 2.75) is 71.4 Å². The fraction of sp³-hybridized carbons (Fsp3) is 1.00. The van der Waals surface area contributed by atoms with Crippen LogP contribution in [0.1, 0.15) is 58.8 Å². The lowest BCUT2D eigenvalue weighted by atomic mass is 9.86. The van der Waals surface area contributed by atoms with Crippen LogP contribution in [0.4, 0.5) is 0 Å². The third kappa shape index (κ3) is 6.02. The Labute approximate surface area is 108 Å². The normalized spacial score (nSPS) is 18.5. The zero-order valence-corrected chi connectivity index (χ0v) is 13.0. The van der Waals surface area contributed by atoms with E-state index in [4.69, 9.17) is 8.85 Å². The van der Waals surface area contributed by atoms with Crippen molar-refractivity contribution in [1.82, 2.24) is 0 Å². The molecule has 0 aliphatic heterocycles. The Hall–Kier alpha value is 0.137. The van der Waals surface area contributed by atoms with Crippen LogP contribution >= 0.6 is 0 Å². The molecule has 0 amide bonds. The molecule has 2 nitrogen and oxygen atoms in total. The molecule has 1 aliphatic carbocycles. The maximum atomic E-state index is 5.88. The average Bonchev–Trinajstić information content (AvgIpc) is 2.31. The highest BCUT2D eigenvalue weighted by Gasteiger charge is 2.30. The zero-order chi connectivity index (χ0) is 12.6. The monoisotopic (exact) mass is 258 g/mol. The molecule has 102 valence electrons. The van der Waals surface area contributed by atoms with Crippen molar-refractivity contribution in [1.29, 1.82) is 0 Å². The highest BCUT2D eigenvalue weighted by molar-refractivity contribution is 6.66. The first-order chi connectivity index (χ1) is 8.20. The molecule has 3 heteroatoms. The van der Waals surface area contributed by atoms with Crippen LogP contribution in [0, 0.1) is 5.92 Å². The molecule has 0 radical (unpaired) electrons. The summed E-state index contributed by atoms with van der Waals surface area (Å²) in [4.78, 5) is 0. The molecular weight excluding hydrogens is 228 g/mol. The summed E-state index contributed by atoms with van der Waals surface area (Å²) >= 11 is 0. The highest BCUT2D eigenvalue weighted by Crippen LogP contribution is 2.29. The molecule has 0 unspecified atom stereocenters. The van der Waals surface area contributed by atoms with Gasteiger partial charge in [-0.3, -0.25) is 0 Å². The standard InChI is InChI=1S/C14H30O2Si/c1-4-15-17(3,16-5-2)13-9-12-14-10-7-6-8-11-14/h14H,4-13H2,1-3H3. The van der Waals surface area contributed by atoms with Gasteiger partial charge in [-0.25, -0.2) is 0 Å². The van der Waals surface area contributed by atoms with Crippen LogP contribution in [0.2, 0.25) is 12.6 Å². The molecule has 1 saturated carbocycles. The fourth-order valence-corrected chi connectivity index (χ4v) is 5.42. The van der Waals surface area contributed by atoms with Crippen LogP contribution < -0.4 is 0 Å². The predicted octanol–water partition coefficient (Wildman–Crippen LogP) is 4.49. The maximum Gasteiger partial charge on any atom is 0.334 e.